The lowest BCUT2D eigenvalue weighted by Crippen LogP contribution is -2.18. The lowest BCUT2D eigenvalue weighted by Gasteiger charge is -2.17. The van der Waals surface area contributed by atoms with E-state index in [1.54, 1.807) is 0 Å². The lowest BCUT2D eigenvalue weighted by molar-refractivity contribution is 0.176. The van der Waals surface area contributed by atoms with Crippen molar-refractivity contribution in [1.82, 2.24) is 5.32 Å². The number of nitrogens with one attached hydrogen (secondary N) is 1. The quantitative estimate of drug-likeness (QED) is 0.768. The van der Waals surface area contributed by atoms with Crippen LogP contribution in [0.1, 0.15) is 28.4 Å². The third-order valence-corrected chi connectivity index (χ3v) is 2.47. The van der Waals surface area contributed by atoms with E-state index in [4.69, 9.17) is 0 Å². The second-order valence-corrected chi connectivity index (χ2v) is 3.89. The standard InChI is InChI=1S/C12H19NO/c1-8-5-9(2)12(10(3)6-8)11(14)7-13-4/h5-6,11,13-14H,7H2,1-4H3. The molecule has 1 aromatic carbocycles. The molecule has 2 heteroatoms. The Morgan fingerprint density at radius 1 is 1.21 bits per heavy atom. The fraction of sp³-hybridized carbons (Fsp3) is 0.500. The van der Waals surface area contributed by atoms with Gasteiger partial charge in [-0.2, -0.15) is 0 Å². The molecule has 0 radical (unpaired) electrons. The molecule has 0 fully saturated rings. The first-order valence-electron chi connectivity index (χ1n) is 4.96. The van der Waals surface area contributed by atoms with Gasteiger partial charge in [-0.15, -0.1) is 0 Å². The van der Waals surface area contributed by atoms with Crippen LogP contribution in [0.15, 0.2) is 12.1 Å². The first-order valence-corrected chi connectivity index (χ1v) is 4.96. The van der Waals surface area contributed by atoms with E-state index >= 15 is 0 Å². The third kappa shape index (κ3) is 2.34. The summed E-state index contributed by atoms with van der Waals surface area (Å²) in [6, 6.07) is 4.22. The van der Waals surface area contributed by atoms with Crippen molar-refractivity contribution in [3.8, 4) is 0 Å². The molecule has 0 bridgehead atoms. The highest BCUT2D eigenvalue weighted by Gasteiger charge is 2.12. The summed E-state index contributed by atoms with van der Waals surface area (Å²) < 4.78 is 0. The van der Waals surface area contributed by atoms with Crippen molar-refractivity contribution in [1.29, 1.82) is 0 Å². The van der Waals surface area contributed by atoms with Gasteiger partial charge in [0.15, 0.2) is 0 Å². The molecule has 0 saturated heterocycles. The minimum Gasteiger partial charge on any atom is -0.387 e. The van der Waals surface area contributed by atoms with Gasteiger partial charge in [-0.3, -0.25) is 0 Å². The number of aliphatic hydroxyl groups excluding tert-OH is 1. The molecule has 0 aliphatic carbocycles. The molecule has 0 heterocycles. The lowest BCUT2D eigenvalue weighted by atomic mass is 9.95. The average Bonchev–Trinajstić information content (AvgIpc) is 2.01. The molecule has 1 unspecified atom stereocenters. The normalized spacial score (nSPS) is 12.9. The van der Waals surface area contributed by atoms with Crippen molar-refractivity contribution >= 4 is 0 Å². The van der Waals surface area contributed by atoms with Crippen LogP contribution in [0.5, 0.6) is 0 Å². The number of rotatable bonds is 3. The van der Waals surface area contributed by atoms with Crippen LogP contribution in [0.2, 0.25) is 0 Å². The fourth-order valence-corrected chi connectivity index (χ4v) is 2.01. The van der Waals surface area contributed by atoms with Crippen molar-refractivity contribution in [2.75, 3.05) is 13.6 Å². The van der Waals surface area contributed by atoms with Gasteiger partial charge in [-0.05, 0) is 44.5 Å². The van der Waals surface area contributed by atoms with Crippen LogP contribution in [-0.2, 0) is 0 Å². The zero-order valence-corrected chi connectivity index (χ0v) is 9.39. The van der Waals surface area contributed by atoms with Crippen molar-refractivity contribution in [3.63, 3.8) is 0 Å². The molecule has 0 spiro atoms. The molecule has 0 aliphatic rings. The largest absolute Gasteiger partial charge is 0.387 e. The van der Waals surface area contributed by atoms with Gasteiger partial charge in [0, 0.05) is 6.54 Å². The Morgan fingerprint density at radius 2 is 1.71 bits per heavy atom. The van der Waals surface area contributed by atoms with E-state index in [0.717, 1.165) is 5.56 Å². The molecular weight excluding hydrogens is 174 g/mol. The Hall–Kier alpha value is -0.860. The minimum atomic E-state index is -0.402. The van der Waals surface area contributed by atoms with Crippen molar-refractivity contribution < 1.29 is 5.11 Å². The van der Waals surface area contributed by atoms with E-state index in [1.807, 2.05) is 20.9 Å². The average molecular weight is 193 g/mol. The van der Waals surface area contributed by atoms with E-state index in [9.17, 15) is 5.11 Å². The molecule has 2 nitrogen and oxygen atoms in total. The van der Waals surface area contributed by atoms with E-state index in [2.05, 4.69) is 24.4 Å². The Kier molecular flexibility index (Phi) is 3.67. The summed E-state index contributed by atoms with van der Waals surface area (Å²) in [6.45, 7) is 6.78. The second kappa shape index (κ2) is 4.58. The van der Waals surface area contributed by atoms with E-state index < -0.39 is 6.10 Å². The monoisotopic (exact) mass is 193 g/mol. The predicted octanol–water partition coefficient (Wildman–Crippen LogP) is 1.86. The summed E-state index contributed by atoms with van der Waals surface area (Å²) in [7, 11) is 1.85. The maximum Gasteiger partial charge on any atom is 0.0919 e. The van der Waals surface area contributed by atoms with Crippen molar-refractivity contribution in [3.05, 3.63) is 34.4 Å². The minimum absolute atomic E-state index is 0.402. The van der Waals surface area contributed by atoms with Gasteiger partial charge in [0.25, 0.3) is 0 Å². The van der Waals surface area contributed by atoms with E-state index in [1.165, 1.54) is 16.7 Å². The first-order chi connectivity index (χ1) is 6.56. The zero-order chi connectivity index (χ0) is 10.7. The van der Waals surface area contributed by atoms with E-state index in [0.29, 0.717) is 6.54 Å². The Balaban J connectivity index is 3.07. The van der Waals surface area contributed by atoms with Gasteiger partial charge in [-0.1, -0.05) is 17.7 Å². The molecule has 0 aromatic heterocycles. The molecule has 0 saturated carbocycles. The summed E-state index contributed by atoms with van der Waals surface area (Å²) >= 11 is 0. The molecule has 1 aromatic rings. The number of hydrogen-bond acceptors (Lipinski definition) is 2. The van der Waals surface area contributed by atoms with Crippen LogP contribution in [-0.4, -0.2) is 18.7 Å². The van der Waals surface area contributed by atoms with Gasteiger partial charge in [-0.25, -0.2) is 0 Å². The molecule has 14 heavy (non-hydrogen) atoms. The molecular formula is C12H19NO. The number of likely N-dealkylation sites (N-methyl/N-ethyl adjacent to an activating group) is 1. The molecule has 78 valence electrons. The topological polar surface area (TPSA) is 32.3 Å². The zero-order valence-electron chi connectivity index (χ0n) is 9.39. The van der Waals surface area contributed by atoms with Crippen LogP contribution < -0.4 is 5.32 Å². The van der Waals surface area contributed by atoms with Crippen LogP contribution in [0, 0.1) is 20.8 Å². The summed E-state index contributed by atoms with van der Waals surface area (Å²) in [6.07, 6.45) is -0.402. The van der Waals surface area contributed by atoms with Gasteiger partial charge >= 0.3 is 0 Å². The molecule has 0 aliphatic heterocycles. The maximum atomic E-state index is 9.91. The summed E-state index contributed by atoms with van der Waals surface area (Å²) in [4.78, 5) is 0. The van der Waals surface area contributed by atoms with Crippen molar-refractivity contribution in [2.45, 2.75) is 26.9 Å². The molecule has 0 amide bonds. The van der Waals surface area contributed by atoms with Gasteiger partial charge in [0.1, 0.15) is 0 Å². The number of benzene rings is 1. The summed E-state index contributed by atoms with van der Waals surface area (Å²) in [5.74, 6) is 0. The van der Waals surface area contributed by atoms with Crippen molar-refractivity contribution in [2.24, 2.45) is 0 Å². The first kappa shape index (κ1) is 11.2. The molecule has 1 rings (SSSR count). The SMILES string of the molecule is CNCC(O)c1c(C)cc(C)cc1C. The Bertz CT molecular complexity index is 297. The fourth-order valence-electron chi connectivity index (χ4n) is 2.01. The smallest absolute Gasteiger partial charge is 0.0919 e. The Labute approximate surface area is 86.0 Å². The van der Waals surface area contributed by atoms with Gasteiger partial charge in [0.2, 0.25) is 0 Å². The van der Waals surface area contributed by atoms with E-state index in [-0.39, 0.29) is 0 Å². The highest BCUT2D eigenvalue weighted by atomic mass is 16.3. The maximum absolute atomic E-state index is 9.91. The predicted molar refractivity (Wildman–Crippen MR) is 59.5 cm³/mol. The van der Waals surface area contributed by atoms with Gasteiger partial charge in [0.05, 0.1) is 6.10 Å². The van der Waals surface area contributed by atoms with Crippen LogP contribution in [0.4, 0.5) is 0 Å². The van der Waals surface area contributed by atoms with Gasteiger partial charge < -0.3 is 10.4 Å². The Morgan fingerprint density at radius 3 is 2.14 bits per heavy atom. The summed E-state index contributed by atoms with van der Waals surface area (Å²) in [5.41, 5.74) is 4.65. The highest BCUT2D eigenvalue weighted by molar-refractivity contribution is 5.39. The number of aryl methyl sites for hydroxylation is 3. The second-order valence-electron chi connectivity index (χ2n) is 3.89. The number of hydrogen-bond donors (Lipinski definition) is 2. The molecule has 1 atom stereocenters. The third-order valence-electron chi connectivity index (χ3n) is 2.47. The summed E-state index contributed by atoms with van der Waals surface area (Å²) in [5, 5.41) is 12.9. The van der Waals surface area contributed by atoms with Crippen LogP contribution >= 0.6 is 0 Å². The molecule has 2 N–H and O–H groups in total. The van der Waals surface area contributed by atoms with Crippen LogP contribution in [0.25, 0.3) is 0 Å². The van der Waals surface area contributed by atoms with Crippen LogP contribution in [0.3, 0.4) is 0 Å². The highest BCUT2D eigenvalue weighted by Crippen LogP contribution is 2.22. The number of aliphatic hydroxyl groups is 1.